The van der Waals surface area contributed by atoms with E-state index in [0.717, 1.165) is 5.56 Å². The molecule has 1 aromatic heterocycles. The number of ether oxygens (including phenoxy) is 1. The summed E-state index contributed by atoms with van der Waals surface area (Å²) in [4.78, 5) is 14.5. The van der Waals surface area contributed by atoms with Crippen molar-refractivity contribution in [1.82, 2.24) is 4.98 Å². The van der Waals surface area contributed by atoms with Crippen LogP contribution >= 0.6 is 23.2 Å². The number of halogens is 2. The molecule has 6 nitrogen and oxygen atoms in total. The Morgan fingerprint density at radius 2 is 1.92 bits per heavy atom. The van der Waals surface area contributed by atoms with Crippen LogP contribution in [0.2, 0.25) is 10.0 Å². The molecule has 0 saturated heterocycles. The summed E-state index contributed by atoms with van der Waals surface area (Å²) in [6, 6.07) is 11.1. The van der Waals surface area contributed by atoms with Crippen LogP contribution in [0.5, 0.6) is 5.75 Å². The molecule has 0 atom stereocenters. The molecule has 3 rings (SSSR count). The maximum Gasteiger partial charge on any atom is 0.271 e. The summed E-state index contributed by atoms with van der Waals surface area (Å²) in [5.41, 5.74) is 1.26. The molecule has 0 N–H and O–H groups in total. The lowest BCUT2D eigenvalue weighted by Gasteiger charge is -2.05. The summed E-state index contributed by atoms with van der Waals surface area (Å²) >= 11 is 11.8. The molecule has 0 radical (unpaired) electrons. The van der Waals surface area contributed by atoms with Gasteiger partial charge in [0.05, 0.1) is 9.95 Å². The highest BCUT2D eigenvalue weighted by atomic mass is 35.5. The lowest BCUT2D eigenvalue weighted by atomic mass is 10.2. The monoisotopic (exact) mass is 364 g/mol. The fraction of sp³-hybridized carbons (Fsp3) is 0.0625. The van der Waals surface area contributed by atoms with Gasteiger partial charge in [0, 0.05) is 22.7 Å². The van der Waals surface area contributed by atoms with Crippen LogP contribution in [0.1, 0.15) is 5.69 Å². The van der Waals surface area contributed by atoms with Gasteiger partial charge in [-0.15, -0.1) is 0 Å². The number of nitrogens with zero attached hydrogens (tertiary/aromatic N) is 2. The Bertz CT molecular complexity index is 878. The van der Waals surface area contributed by atoms with E-state index in [1.165, 1.54) is 24.5 Å². The van der Waals surface area contributed by atoms with Gasteiger partial charge >= 0.3 is 0 Å². The summed E-state index contributed by atoms with van der Waals surface area (Å²) in [5, 5.41) is 11.5. The van der Waals surface area contributed by atoms with Crippen LogP contribution in [0.3, 0.4) is 0 Å². The second kappa shape index (κ2) is 6.90. The molecule has 0 spiro atoms. The van der Waals surface area contributed by atoms with Crippen LogP contribution < -0.4 is 4.74 Å². The van der Waals surface area contributed by atoms with Crippen LogP contribution in [0, 0.1) is 10.1 Å². The Labute approximate surface area is 146 Å². The third-order valence-electron chi connectivity index (χ3n) is 3.14. The first kappa shape index (κ1) is 16.3. The van der Waals surface area contributed by atoms with Gasteiger partial charge in [0.15, 0.2) is 0 Å². The summed E-state index contributed by atoms with van der Waals surface area (Å²) in [5.74, 6) is 0.776. The predicted octanol–water partition coefficient (Wildman–Crippen LogP) is 5.14. The van der Waals surface area contributed by atoms with Crippen LogP contribution in [0.4, 0.5) is 5.69 Å². The van der Waals surface area contributed by atoms with Gasteiger partial charge in [0.2, 0.25) is 5.89 Å². The molecule has 24 heavy (non-hydrogen) atoms. The maximum atomic E-state index is 10.7. The van der Waals surface area contributed by atoms with E-state index in [1.54, 1.807) is 24.3 Å². The van der Waals surface area contributed by atoms with Crippen LogP contribution in [0.25, 0.3) is 11.5 Å². The van der Waals surface area contributed by atoms with Gasteiger partial charge in [-0.2, -0.15) is 0 Å². The SMILES string of the molecule is O=[N+]([O-])c1ccc(OCc2coc(-c3ccc(Cl)cc3)n2)c(Cl)c1. The van der Waals surface area contributed by atoms with Gasteiger partial charge < -0.3 is 9.15 Å². The van der Waals surface area contributed by atoms with Crippen molar-refractivity contribution in [3.63, 3.8) is 0 Å². The zero-order valence-corrected chi connectivity index (χ0v) is 13.6. The molecule has 0 saturated carbocycles. The molecule has 2 aromatic carbocycles. The van der Waals surface area contributed by atoms with Gasteiger partial charge in [0.25, 0.3) is 5.69 Å². The number of oxazole rings is 1. The Morgan fingerprint density at radius 3 is 2.58 bits per heavy atom. The van der Waals surface area contributed by atoms with Gasteiger partial charge in [-0.1, -0.05) is 23.2 Å². The van der Waals surface area contributed by atoms with E-state index in [4.69, 9.17) is 32.4 Å². The lowest BCUT2D eigenvalue weighted by molar-refractivity contribution is -0.384. The third kappa shape index (κ3) is 3.67. The van der Waals surface area contributed by atoms with Crippen LogP contribution in [-0.4, -0.2) is 9.91 Å². The van der Waals surface area contributed by atoms with Crippen molar-refractivity contribution in [1.29, 1.82) is 0 Å². The molecule has 122 valence electrons. The van der Waals surface area contributed by atoms with E-state index in [-0.39, 0.29) is 17.3 Å². The van der Waals surface area contributed by atoms with Gasteiger partial charge in [-0.05, 0) is 30.3 Å². The summed E-state index contributed by atoms with van der Waals surface area (Å²) in [6.07, 6.45) is 1.48. The first-order valence-corrected chi connectivity index (χ1v) is 7.55. The fourth-order valence-electron chi connectivity index (χ4n) is 1.97. The normalized spacial score (nSPS) is 10.6. The number of aromatic nitrogens is 1. The summed E-state index contributed by atoms with van der Waals surface area (Å²) in [6.45, 7) is 0.120. The van der Waals surface area contributed by atoms with Crippen molar-refractivity contribution in [2.45, 2.75) is 6.61 Å². The van der Waals surface area contributed by atoms with E-state index in [2.05, 4.69) is 4.98 Å². The molecule has 0 aliphatic rings. The van der Waals surface area contributed by atoms with E-state index in [0.29, 0.717) is 22.4 Å². The lowest BCUT2D eigenvalue weighted by Crippen LogP contribution is -1.97. The van der Waals surface area contributed by atoms with Crippen molar-refractivity contribution >= 4 is 28.9 Å². The number of rotatable bonds is 5. The minimum Gasteiger partial charge on any atom is -0.486 e. The van der Waals surface area contributed by atoms with Gasteiger partial charge in [-0.3, -0.25) is 10.1 Å². The number of nitro groups is 1. The maximum absolute atomic E-state index is 10.7. The van der Waals surface area contributed by atoms with Gasteiger partial charge in [-0.25, -0.2) is 4.98 Å². The number of hydrogen-bond acceptors (Lipinski definition) is 5. The van der Waals surface area contributed by atoms with Crippen molar-refractivity contribution in [2.75, 3.05) is 0 Å². The quantitative estimate of drug-likeness (QED) is 0.462. The van der Waals surface area contributed by atoms with E-state index >= 15 is 0 Å². The fourth-order valence-corrected chi connectivity index (χ4v) is 2.33. The standard InChI is InChI=1S/C16H10Cl2N2O4/c17-11-3-1-10(2-4-11)16-19-12(9-24-16)8-23-15-6-5-13(20(21)22)7-14(15)18/h1-7,9H,8H2. The highest BCUT2D eigenvalue weighted by Gasteiger charge is 2.12. The highest BCUT2D eigenvalue weighted by molar-refractivity contribution is 6.32. The smallest absolute Gasteiger partial charge is 0.271 e. The Morgan fingerprint density at radius 1 is 1.17 bits per heavy atom. The summed E-state index contributed by atoms with van der Waals surface area (Å²) in [7, 11) is 0. The second-order valence-electron chi connectivity index (χ2n) is 4.81. The van der Waals surface area contributed by atoms with E-state index in [9.17, 15) is 10.1 Å². The first-order valence-electron chi connectivity index (χ1n) is 6.80. The number of benzene rings is 2. The topological polar surface area (TPSA) is 78.4 Å². The molecule has 0 unspecified atom stereocenters. The second-order valence-corrected chi connectivity index (χ2v) is 5.66. The average molecular weight is 365 g/mol. The Kier molecular flexibility index (Phi) is 4.69. The Hall–Kier alpha value is -2.57. The number of non-ortho nitro benzene ring substituents is 1. The van der Waals surface area contributed by atoms with Crippen molar-refractivity contribution < 1.29 is 14.1 Å². The van der Waals surface area contributed by atoms with E-state index < -0.39 is 4.92 Å². The molecule has 3 aromatic rings. The number of nitro benzene ring substituents is 1. The average Bonchev–Trinajstić information content (AvgIpc) is 3.03. The highest BCUT2D eigenvalue weighted by Crippen LogP contribution is 2.29. The van der Waals surface area contributed by atoms with Crippen molar-refractivity contribution in [3.05, 3.63) is 74.6 Å². The van der Waals surface area contributed by atoms with Crippen LogP contribution in [-0.2, 0) is 6.61 Å². The molecular formula is C16H10Cl2N2O4. The zero-order valence-electron chi connectivity index (χ0n) is 12.1. The molecule has 0 amide bonds. The minimum atomic E-state index is -0.522. The molecule has 0 aliphatic heterocycles. The first-order chi connectivity index (χ1) is 11.5. The van der Waals surface area contributed by atoms with Gasteiger partial charge in [0.1, 0.15) is 24.3 Å². The van der Waals surface area contributed by atoms with Crippen molar-refractivity contribution in [2.24, 2.45) is 0 Å². The largest absolute Gasteiger partial charge is 0.486 e. The Balaban J connectivity index is 1.69. The summed E-state index contributed by atoms with van der Waals surface area (Å²) < 4.78 is 10.9. The molecule has 1 heterocycles. The van der Waals surface area contributed by atoms with Crippen LogP contribution in [0.15, 0.2) is 53.1 Å². The predicted molar refractivity (Wildman–Crippen MR) is 89.4 cm³/mol. The number of hydrogen-bond donors (Lipinski definition) is 0. The third-order valence-corrected chi connectivity index (χ3v) is 3.69. The molecule has 0 aliphatic carbocycles. The van der Waals surface area contributed by atoms with Crippen molar-refractivity contribution in [3.8, 4) is 17.2 Å². The zero-order chi connectivity index (χ0) is 17.1. The molecular weight excluding hydrogens is 355 g/mol. The molecule has 8 heteroatoms. The minimum absolute atomic E-state index is 0.0983. The van der Waals surface area contributed by atoms with E-state index in [1.807, 2.05) is 0 Å². The molecule has 0 fully saturated rings. The molecule has 0 bridgehead atoms.